The minimum Gasteiger partial charge on any atom is -0.356 e. The molecule has 4 nitrogen and oxygen atoms in total. The molecule has 4 heteroatoms. The number of rotatable bonds is 7. The normalized spacial score (nSPS) is 10.7. The lowest BCUT2D eigenvalue weighted by atomic mass is 10.3. The molecule has 0 aliphatic rings. The Morgan fingerprint density at radius 3 is 3.00 bits per heavy atom. The molecule has 1 aromatic heterocycles. The van der Waals surface area contributed by atoms with Crippen LogP contribution in [0, 0.1) is 0 Å². The fourth-order valence-corrected chi connectivity index (χ4v) is 2.28. The summed E-state index contributed by atoms with van der Waals surface area (Å²) in [6.07, 6.45) is 4.06. The van der Waals surface area contributed by atoms with Crippen LogP contribution in [0.2, 0.25) is 0 Å². The van der Waals surface area contributed by atoms with Crippen molar-refractivity contribution in [3.8, 4) is 0 Å². The maximum absolute atomic E-state index is 11.5. The van der Waals surface area contributed by atoms with Gasteiger partial charge in [-0.2, -0.15) is 0 Å². The van der Waals surface area contributed by atoms with Gasteiger partial charge < -0.3 is 9.88 Å². The third-order valence-corrected chi connectivity index (χ3v) is 3.19. The van der Waals surface area contributed by atoms with E-state index in [0.717, 1.165) is 36.2 Å². The Morgan fingerprint density at radius 1 is 1.45 bits per heavy atom. The van der Waals surface area contributed by atoms with Crippen LogP contribution in [0.1, 0.15) is 25.6 Å². The first-order valence-electron chi connectivity index (χ1n) is 7.08. The third kappa shape index (κ3) is 3.26. The molecular weight excluding hydrogens is 250 g/mol. The van der Waals surface area contributed by atoms with Gasteiger partial charge in [0.25, 0.3) is 0 Å². The number of aromatic nitrogens is 2. The highest BCUT2D eigenvalue weighted by Crippen LogP contribution is 2.16. The highest BCUT2D eigenvalue weighted by molar-refractivity contribution is 5.76. The molecular formula is C16H21N3O. The van der Waals surface area contributed by atoms with Crippen molar-refractivity contribution < 1.29 is 4.79 Å². The Bertz CT molecular complexity index is 601. The summed E-state index contributed by atoms with van der Waals surface area (Å²) in [5, 5.41) is 2.93. The lowest BCUT2D eigenvalue weighted by molar-refractivity contribution is -0.121. The summed E-state index contributed by atoms with van der Waals surface area (Å²) in [6, 6.07) is 8.07. The zero-order valence-corrected chi connectivity index (χ0v) is 11.9. The van der Waals surface area contributed by atoms with Crippen molar-refractivity contribution in [2.24, 2.45) is 0 Å². The van der Waals surface area contributed by atoms with Gasteiger partial charge in [0.2, 0.25) is 5.91 Å². The highest BCUT2D eigenvalue weighted by atomic mass is 16.1. The van der Waals surface area contributed by atoms with Gasteiger partial charge in [-0.1, -0.05) is 25.1 Å². The van der Waals surface area contributed by atoms with E-state index in [4.69, 9.17) is 0 Å². The molecule has 0 unspecified atom stereocenters. The summed E-state index contributed by atoms with van der Waals surface area (Å²) in [5.41, 5.74) is 2.10. The predicted molar refractivity (Wildman–Crippen MR) is 81.6 cm³/mol. The number of amides is 1. The molecule has 106 valence electrons. The number of hydrogen-bond acceptors (Lipinski definition) is 2. The van der Waals surface area contributed by atoms with E-state index >= 15 is 0 Å². The van der Waals surface area contributed by atoms with Gasteiger partial charge in [0.05, 0.1) is 11.0 Å². The second kappa shape index (κ2) is 6.89. The number of benzene rings is 1. The van der Waals surface area contributed by atoms with Gasteiger partial charge in [0.1, 0.15) is 5.82 Å². The molecule has 2 rings (SSSR count). The van der Waals surface area contributed by atoms with Crippen LogP contribution in [0.4, 0.5) is 0 Å². The van der Waals surface area contributed by atoms with E-state index in [9.17, 15) is 4.79 Å². The van der Waals surface area contributed by atoms with E-state index in [-0.39, 0.29) is 5.91 Å². The van der Waals surface area contributed by atoms with Crippen LogP contribution in [0.25, 0.3) is 11.0 Å². The summed E-state index contributed by atoms with van der Waals surface area (Å²) < 4.78 is 2.15. The maximum atomic E-state index is 11.5. The average molecular weight is 271 g/mol. The van der Waals surface area contributed by atoms with Crippen molar-refractivity contribution in [2.75, 3.05) is 6.54 Å². The van der Waals surface area contributed by atoms with Gasteiger partial charge in [0.15, 0.2) is 0 Å². The van der Waals surface area contributed by atoms with Gasteiger partial charge in [-0.15, -0.1) is 6.58 Å². The molecule has 0 bridgehead atoms. The monoisotopic (exact) mass is 271 g/mol. The van der Waals surface area contributed by atoms with E-state index in [2.05, 4.69) is 27.5 Å². The summed E-state index contributed by atoms with van der Waals surface area (Å²) in [5.74, 6) is 1.10. The molecule has 0 spiro atoms. The summed E-state index contributed by atoms with van der Waals surface area (Å²) >= 11 is 0. The predicted octanol–water partition coefficient (Wildman–Crippen LogP) is 2.68. The van der Waals surface area contributed by atoms with Crippen molar-refractivity contribution in [1.29, 1.82) is 0 Å². The standard InChI is InChI=1S/C16H21N3O/c1-3-7-16(20)17-11-10-15-18-13-8-5-6-9-14(13)19(15)12-4-2/h4-6,8-9H,2-3,7,10-12H2,1H3,(H,17,20). The lowest BCUT2D eigenvalue weighted by Crippen LogP contribution is -2.26. The minimum atomic E-state index is 0.110. The van der Waals surface area contributed by atoms with Crippen molar-refractivity contribution in [3.05, 3.63) is 42.7 Å². The number of allylic oxidation sites excluding steroid dienone is 1. The molecule has 2 aromatic rings. The van der Waals surface area contributed by atoms with Crippen LogP contribution in [-0.2, 0) is 17.8 Å². The quantitative estimate of drug-likeness (QED) is 0.787. The Kier molecular flexibility index (Phi) is 4.93. The average Bonchev–Trinajstić information content (AvgIpc) is 2.78. The number of imidazole rings is 1. The third-order valence-electron chi connectivity index (χ3n) is 3.19. The van der Waals surface area contributed by atoms with Gasteiger partial charge in [-0.25, -0.2) is 4.98 Å². The number of carbonyl (C=O) groups excluding carboxylic acids is 1. The van der Waals surface area contributed by atoms with E-state index in [1.165, 1.54) is 0 Å². The molecule has 1 heterocycles. The Hall–Kier alpha value is -2.10. The zero-order valence-electron chi connectivity index (χ0n) is 11.9. The summed E-state index contributed by atoms with van der Waals surface area (Å²) in [7, 11) is 0. The van der Waals surface area contributed by atoms with Gasteiger partial charge in [0, 0.05) is 25.9 Å². The molecule has 0 fully saturated rings. The van der Waals surface area contributed by atoms with Gasteiger partial charge in [-0.3, -0.25) is 4.79 Å². The molecule has 1 aromatic carbocycles. The number of fused-ring (bicyclic) bond motifs is 1. The largest absolute Gasteiger partial charge is 0.356 e. The number of hydrogen-bond donors (Lipinski definition) is 1. The number of carbonyl (C=O) groups is 1. The molecule has 0 radical (unpaired) electrons. The molecule has 1 N–H and O–H groups in total. The maximum Gasteiger partial charge on any atom is 0.219 e. The van der Waals surface area contributed by atoms with Crippen molar-refractivity contribution in [2.45, 2.75) is 32.7 Å². The van der Waals surface area contributed by atoms with Crippen LogP contribution in [0.3, 0.4) is 0 Å². The van der Waals surface area contributed by atoms with E-state index in [0.29, 0.717) is 13.0 Å². The van der Waals surface area contributed by atoms with Crippen molar-refractivity contribution in [1.82, 2.24) is 14.9 Å². The van der Waals surface area contributed by atoms with E-state index < -0.39 is 0 Å². The van der Waals surface area contributed by atoms with Crippen LogP contribution in [0.15, 0.2) is 36.9 Å². The molecule has 20 heavy (non-hydrogen) atoms. The van der Waals surface area contributed by atoms with Crippen molar-refractivity contribution >= 4 is 16.9 Å². The van der Waals surface area contributed by atoms with Gasteiger partial charge in [-0.05, 0) is 18.6 Å². The Labute approximate surface area is 119 Å². The molecule has 0 saturated carbocycles. The first-order chi connectivity index (χ1) is 9.76. The van der Waals surface area contributed by atoms with Gasteiger partial charge >= 0.3 is 0 Å². The Balaban J connectivity index is 2.10. The Morgan fingerprint density at radius 2 is 2.25 bits per heavy atom. The van der Waals surface area contributed by atoms with E-state index in [1.54, 1.807) is 0 Å². The number of para-hydroxylation sites is 2. The fourth-order valence-electron chi connectivity index (χ4n) is 2.28. The first-order valence-corrected chi connectivity index (χ1v) is 7.08. The minimum absolute atomic E-state index is 0.110. The summed E-state index contributed by atoms with van der Waals surface area (Å²) in [6.45, 7) is 7.16. The second-order valence-electron chi connectivity index (χ2n) is 4.77. The second-order valence-corrected chi connectivity index (χ2v) is 4.77. The topological polar surface area (TPSA) is 46.9 Å². The number of nitrogens with zero attached hydrogens (tertiary/aromatic N) is 2. The molecule has 0 atom stereocenters. The van der Waals surface area contributed by atoms with Crippen LogP contribution < -0.4 is 5.32 Å². The molecule has 1 amide bonds. The van der Waals surface area contributed by atoms with Crippen LogP contribution in [-0.4, -0.2) is 22.0 Å². The highest BCUT2D eigenvalue weighted by Gasteiger charge is 2.09. The molecule has 0 aliphatic heterocycles. The summed E-state index contributed by atoms with van der Waals surface area (Å²) in [4.78, 5) is 16.1. The van der Waals surface area contributed by atoms with Crippen LogP contribution >= 0.6 is 0 Å². The van der Waals surface area contributed by atoms with E-state index in [1.807, 2.05) is 31.2 Å². The SMILES string of the molecule is C=CCn1c(CCNC(=O)CCC)nc2ccccc21. The zero-order chi connectivity index (χ0) is 14.4. The first kappa shape index (κ1) is 14.3. The number of nitrogens with one attached hydrogen (secondary N) is 1. The molecule has 0 saturated heterocycles. The molecule has 0 aliphatic carbocycles. The fraction of sp³-hybridized carbons (Fsp3) is 0.375. The van der Waals surface area contributed by atoms with Crippen LogP contribution in [0.5, 0.6) is 0 Å². The van der Waals surface area contributed by atoms with Crippen molar-refractivity contribution in [3.63, 3.8) is 0 Å². The smallest absolute Gasteiger partial charge is 0.219 e. The lowest BCUT2D eigenvalue weighted by Gasteiger charge is -2.07.